The number of aromatic nitrogens is 2. The minimum atomic E-state index is -0.838. The third-order valence-electron chi connectivity index (χ3n) is 3.40. The van der Waals surface area contributed by atoms with E-state index < -0.39 is 5.97 Å². The lowest BCUT2D eigenvalue weighted by Crippen LogP contribution is -2.15. The number of para-hydroxylation sites is 1. The number of aryl methyl sites for hydroxylation is 1. The zero-order valence-corrected chi connectivity index (χ0v) is 13.3. The number of hydrogen-bond acceptors (Lipinski definition) is 4. The van der Waals surface area contributed by atoms with Crippen molar-refractivity contribution >= 4 is 28.8 Å². The molecule has 2 rings (SSSR count). The fourth-order valence-corrected chi connectivity index (χ4v) is 3.23. The topological polar surface area (TPSA) is 64.3 Å². The van der Waals surface area contributed by atoms with Crippen LogP contribution >= 0.6 is 11.8 Å². The summed E-state index contributed by atoms with van der Waals surface area (Å²) in [7, 11) is 1.68. The first-order chi connectivity index (χ1) is 10.1. The molecule has 0 radical (unpaired) electrons. The SMILES string of the molecule is CCC(COC)n1c(SCC(=O)O)nc2cccc(C)c21. The highest BCUT2D eigenvalue weighted by Gasteiger charge is 2.20. The van der Waals surface area contributed by atoms with E-state index in [1.54, 1.807) is 7.11 Å². The highest BCUT2D eigenvalue weighted by atomic mass is 32.2. The molecule has 0 aliphatic rings. The van der Waals surface area contributed by atoms with E-state index in [-0.39, 0.29) is 11.8 Å². The van der Waals surface area contributed by atoms with Crippen LogP contribution in [0.15, 0.2) is 23.4 Å². The Labute approximate surface area is 128 Å². The molecule has 1 unspecified atom stereocenters. The number of thioether (sulfide) groups is 1. The largest absolute Gasteiger partial charge is 0.481 e. The summed E-state index contributed by atoms with van der Waals surface area (Å²) in [4.78, 5) is 15.5. The van der Waals surface area contributed by atoms with Crippen LogP contribution in [0.2, 0.25) is 0 Å². The van der Waals surface area contributed by atoms with Gasteiger partial charge in [-0.15, -0.1) is 0 Å². The van der Waals surface area contributed by atoms with E-state index in [1.165, 1.54) is 11.8 Å². The van der Waals surface area contributed by atoms with Gasteiger partial charge in [0.1, 0.15) is 0 Å². The Hall–Kier alpha value is -1.53. The number of carbonyl (C=O) groups is 1. The van der Waals surface area contributed by atoms with Gasteiger partial charge >= 0.3 is 5.97 Å². The van der Waals surface area contributed by atoms with Crippen molar-refractivity contribution in [1.29, 1.82) is 0 Å². The van der Waals surface area contributed by atoms with Gasteiger partial charge in [0, 0.05) is 7.11 Å². The van der Waals surface area contributed by atoms with Crippen molar-refractivity contribution in [3.8, 4) is 0 Å². The van der Waals surface area contributed by atoms with E-state index in [2.05, 4.69) is 16.5 Å². The molecule has 1 aromatic heterocycles. The van der Waals surface area contributed by atoms with Gasteiger partial charge < -0.3 is 14.4 Å². The maximum atomic E-state index is 10.8. The van der Waals surface area contributed by atoms with Crippen molar-refractivity contribution in [2.24, 2.45) is 0 Å². The summed E-state index contributed by atoms with van der Waals surface area (Å²) in [6.45, 7) is 4.72. The Kier molecular flexibility index (Phi) is 5.25. The highest BCUT2D eigenvalue weighted by Crippen LogP contribution is 2.31. The molecule has 1 N–H and O–H groups in total. The quantitative estimate of drug-likeness (QED) is 0.796. The van der Waals surface area contributed by atoms with Gasteiger partial charge in [-0.05, 0) is 25.0 Å². The molecule has 0 amide bonds. The minimum Gasteiger partial charge on any atom is -0.481 e. The Morgan fingerprint density at radius 3 is 2.90 bits per heavy atom. The van der Waals surface area contributed by atoms with E-state index in [0.717, 1.165) is 28.2 Å². The van der Waals surface area contributed by atoms with Crippen molar-refractivity contribution in [2.75, 3.05) is 19.5 Å². The fourth-order valence-electron chi connectivity index (χ4n) is 2.43. The molecular formula is C15H20N2O3S. The van der Waals surface area contributed by atoms with Crippen LogP contribution in [0.3, 0.4) is 0 Å². The lowest BCUT2D eigenvalue weighted by atomic mass is 10.1. The Morgan fingerprint density at radius 1 is 1.52 bits per heavy atom. The summed E-state index contributed by atoms with van der Waals surface area (Å²) in [5.41, 5.74) is 3.10. The molecule has 21 heavy (non-hydrogen) atoms. The third kappa shape index (κ3) is 3.39. The summed E-state index contributed by atoms with van der Waals surface area (Å²) in [6.07, 6.45) is 0.897. The van der Waals surface area contributed by atoms with Gasteiger partial charge in [0.15, 0.2) is 5.16 Å². The molecule has 0 saturated carbocycles. The van der Waals surface area contributed by atoms with Crippen LogP contribution in [0, 0.1) is 6.92 Å². The Bertz CT molecular complexity index is 639. The number of imidazole rings is 1. The molecule has 114 valence electrons. The number of aliphatic carboxylic acids is 1. The number of ether oxygens (including phenoxy) is 1. The molecule has 5 nitrogen and oxygen atoms in total. The fraction of sp³-hybridized carbons (Fsp3) is 0.467. The van der Waals surface area contributed by atoms with Gasteiger partial charge in [-0.1, -0.05) is 30.8 Å². The molecule has 0 spiro atoms. The van der Waals surface area contributed by atoms with Crippen LogP contribution in [-0.2, 0) is 9.53 Å². The van der Waals surface area contributed by atoms with Gasteiger partial charge in [-0.2, -0.15) is 0 Å². The summed E-state index contributed by atoms with van der Waals surface area (Å²) in [5.74, 6) is -0.832. The second kappa shape index (κ2) is 6.95. The zero-order valence-electron chi connectivity index (χ0n) is 12.5. The molecule has 6 heteroatoms. The van der Waals surface area contributed by atoms with Crippen molar-refractivity contribution in [3.63, 3.8) is 0 Å². The van der Waals surface area contributed by atoms with E-state index in [0.29, 0.717) is 6.61 Å². The van der Waals surface area contributed by atoms with Crippen molar-refractivity contribution in [3.05, 3.63) is 23.8 Å². The summed E-state index contributed by atoms with van der Waals surface area (Å²) in [5, 5.41) is 9.65. The van der Waals surface area contributed by atoms with E-state index in [1.807, 2.05) is 25.1 Å². The van der Waals surface area contributed by atoms with Gasteiger partial charge in [-0.3, -0.25) is 4.79 Å². The second-order valence-corrected chi connectivity index (χ2v) is 5.85. The first kappa shape index (κ1) is 15.9. The Morgan fingerprint density at radius 2 is 2.29 bits per heavy atom. The average molecular weight is 308 g/mol. The number of benzene rings is 1. The molecule has 0 fully saturated rings. The van der Waals surface area contributed by atoms with Crippen LogP contribution in [0.4, 0.5) is 0 Å². The van der Waals surface area contributed by atoms with Crippen LogP contribution in [0.1, 0.15) is 24.9 Å². The van der Waals surface area contributed by atoms with Gasteiger partial charge in [0.05, 0.1) is 29.4 Å². The number of rotatable bonds is 7. The predicted molar refractivity (Wildman–Crippen MR) is 84.0 cm³/mol. The van der Waals surface area contributed by atoms with Crippen LogP contribution < -0.4 is 0 Å². The lowest BCUT2D eigenvalue weighted by Gasteiger charge is -2.20. The van der Waals surface area contributed by atoms with Crippen molar-refractivity contribution in [1.82, 2.24) is 9.55 Å². The summed E-state index contributed by atoms with van der Waals surface area (Å²) < 4.78 is 7.44. The molecule has 1 heterocycles. The predicted octanol–water partition coefficient (Wildman–Crippen LogP) is 3.12. The monoisotopic (exact) mass is 308 g/mol. The second-order valence-electron chi connectivity index (χ2n) is 4.91. The lowest BCUT2D eigenvalue weighted by molar-refractivity contribution is -0.133. The number of carboxylic acid groups (broad SMARTS) is 1. The molecule has 2 aromatic rings. The highest BCUT2D eigenvalue weighted by molar-refractivity contribution is 7.99. The number of carboxylic acids is 1. The van der Waals surface area contributed by atoms with E-state index in [4.69, 9.17) is 9.84 Å². The molecule has 0 aliphatic carbocycles. The number of fused-ring (bicyclic) bond motifs is 1. The van der Waals surface area contributed by atoms with E-state index in [9.17, 15) is 4.79 Å². The van der Waals surface area contributed by atoms with Crippen LogP contribution in [0.25, 0.3) is 11.0 Å². The summed E-state index contributed by atoms with van der Waals surface area (Å²) in [6, 6.07) is 6.13. The maximum absolute atomic E-state index is 10.8. The third-order valence-corrected chi connectivity index (χ3v) is 4.34. The molecule has 0 bridgehead atoms. The normalized spacial score (nSPS) is 12.7. The number of nitrogens with zero attached hydrogens (tertiary/aromatic N) is 2. The van der Waals surface area contributed by atoms with Crippen molar-refractivity contribution in [2.45, 2.75) is 31.5 Å². The van der Waals surface area contributed by atoms with Crippen LogP contribution in [0.5, 0.6) is 0 Å². The first-order valence-corrected chi connectivity index (χ1v) is 7.88. The molecule has 1 aromatic carbocycles. The molecule has 0 aliphatic heterocycles. The zero-order chi connectivity index (χ0) is 15.4. The number of methoxy groups -OCH3 is 1. The van der Waals surface area contributed by atoms with Gasteiger partial charge in [-0.25, -0.2) is 4.98 Å². The minimum absolute atomic E-state index is 0.00574. The standard InChI is InChI=1S/C15H20N2O3S/c1-4-11(8-20-3)17-14-10(2)6-5-7-12(14)16-15(17)21-9-13(18)19/h5-7,11H,4,8-9H2,1-3H3,(H,18,19). The van der Waals surface area contributed by atoms with Gasteiger partial charge in [0.2, 0.25) is 0 Å². The summed E-state index contributed by atoms with van der Waals surface area (Å²) >= 11 is 1.26. The van der Waals surface area contributed by atoms with Gasteiger partial charge in [0.25, 0.3) is 0 Å². The number of hydrogen-bond donors (Lipinski definition) is 1. The maximum Gasteiger partial charge on any atom is 0.313 e. The smallest absolute Gasteiger partial charge is 0.313 e. The molecule has 0 saturated heterocycles. The Balaban J connectivity index is 2.55. The first-order valence-electron chi connectivity index (χ1n) is 6.89. The van der Waals surface area contributed by atoms with Crippen LogP contribution in [-0.4, -0.2) is 40.1 Å². The average Bonchev–Trinajstić information content (AvgIpc) is 2.82. The van der Waals surface area contributed by atoms with E-state index >= 15 is 0 Å². The van der Waals surface area contributed by atoms with Crippen molar-refractivity contribution < 1.29 is 14.6 Å². The molecule has 1 atom stereocenters. The molecular weight excluding hydrogens is 288 g/mol.